The lowest BCUT2D eigenvalue weighted by Crippen LogP contribution is -2.46. The van der Waals surface area contributed by atoms with Crippen LogP contribution in [-0.2, 0) is 4.74 Å². The highest BCUT2D eigenvalue weighted by Gasteiger charge is 2.32. The molecule has 0 aromatic heterocycles. The van der Waals surface area contributed by atoms with E-state index in [0.717, 1.165) is 32.0 Å². The third kappa shape index (κ3) is 4.19. The summed E-state index contributed by atoms with van der Waals surface area (Å²) in [4.78, 5) is 14.2. The fourth-order valence-electron chi connectivity index (χ4n) is 2.32. The molecule has 0 spiro atoms. The van der Waals surface area contributed by atoms with Crippen molar-refractivity contribution in [3.63, 3.8) is 0 Å². The number of nitrogens with one attached hydrogen (secondary N) is 1. The van der Waals surface area contributed by atoms with Gasteiger partial charge in [-0.3, -0.25) is 0 Å². The molecule has 1 aliphatic heterocycles. The molecule has 1 heterocycles. The molecule has 0 bridgehead atoms. The van der Waals surface area contributed by atoms with Crippen molar-refractivity contribution in [2.45, 2.75) is 64.1 Å². The Labute approximate surface area is 104 Å². The van der Waals surface area contributed by atoms with Gasteiger partial charge in [-0.25, -0.2) is 4.79 Å². The average Bonchev–Trinajstić information content (AvgIpc) is 2.99. The average molecular weight is 240 g/mol. The molecule has 4 heteroatoms. The minimum absolute atomic E-state index is 0.276. The van der Waals surface area contributed by atoms with Gasteiger partial charge in [-0.2, -0.15) is 0 Å². The lowest BCUT2D eigenvalue weighted by molar-refractivity contribution is 0.0477. The number of carbonyl (C=O) groups is 1. The van der Waals surface area contributed by atoms with E-state index in [-0.39, 0.29) is 6.09 Å². The van der Waals surface area contributed by atoms with Gasteiger partial charge in [0.05, 0.1) is 0 Å². The second-order valence-corrected chi connectivity index (χ2v) is 6.19. The zero-order valence-corrected chi connectivity index (χ0v) is 11.2. The Morgan fingerprint density at radius 1 is 1.18 bits per heavy atom. The first kappa shape index (κ1) is 12.7. The van der Waals surface area contributed by atoms with Gasteiger partial charge in [0.25, 0.3) is 0 Å². The second-order valence-electron chi connectivity index (χ2n) is 6.19. The second kappa shape index (κ2) is 4.84. The minimum Gasteiger partial charge on any atom is -0.444 e. The number of carbonyl (C=O) groups excluding carboxylic acids is 1. The van der Waals surface area contributed by atoms with E-state index in [4.69, 9.17) is 4.74 Å². The number of ether oxygens (including phenoxy) is 1. The number of amides is 1. The first-order chi connectivity index (χ1) is 7.94. The number of likely N-dealkylation sites (tertiary alicyclic amines) is 1. The maximum Gasteiger partial charge on any atom is 0.407 e. The number of piperidine rings is 1. The van der Waals surface area contributed by atoms with Crippen LogP contribution in [0.1, 0.15) is 46.5 Å². The molecule has 0 radical (unpaired) electrons. The van der Waals surface area contributed by atoms with E-state index in [9.17, 15) is 4.79 Å². The van der Waals surface area contributed by atoms with Gasteiger partial charge >= 0.3 is 6.09 Å². The largest absolute Gasteiger partial charge is 0.444 e. The minimum atomic E-state index is -0.404. The molecule has 1 N–H and O–H groups in total. The van der Waals surface area contributed by atoms with Gasteiger partial charge in [0.15, 0.2) is 0 Å². The van der Waals surface area contributed by atoms with Crippen LogP contribution in [0.4, 0.5) is 4.79 Å². The summed E-state index contributed by atoms with van der Waals surface area (Å²) in [5.74, 6) is 0. The molecule has 0 aromatic rings. The Balaban J connectivity index is 1.68. The SMILES string of the molecule is CC(C)(C)OC(=O)NC1CCN(C2CC2)CC1. The predicted molar refractivity (Wildman–Crippen MR) is 67.0 cm³/mol. The van der Waals surface area contributed by atoms with Crippen LogP contribution in [0.3, 0.4) is 0 Å². The van der Waals surface area contributed by atoms with Gasteiger partial charge in [0.1, 0.15) is 5.60 Å². The van der Waals surface area contributed by atoms with Crippen molar-refractivity contribution in [3.05, 3.63) is 0 Å². The molecule has 1 saturated carbocycles. The highest BCUT2D eigenvalue weighted by atomic mass is 16.6. The van der Waals surface area contributed by atoms with Crippen LogP contribution in [0.15, 0.2) is 0 Å². The Kier molecular flexibility index (Phi) is 3.61. The topological polar surface area (TPSA) is 41.6 Å². The van der Waals surface area contributed by atoms with Gasteiger partial charge < -0.3 is 15.0 Å². The van der Waals surface area contributed by atoms with E-state index in [0.29, 0.717) is 6.04 Å². The van der Waals surface area contributed by atoms with Crippen LogP contribution in [0.5, 0.6) is 0 Å². The summed E-state index contributed by atoms with van der Waals surface area (Å²) in [7, 11) is 0. The molecule has 98 valence electrons. The Hall–Kier alpha value is -0.770. The summed E-state index contributed by atoms with van der Waals surface area (Å²) < 4.78 is 5.26. The molecular formula is C13H24N2O2. The van der Waals surface area contributed by atoms with E-state index in [1.807, 2.05) is 20.8 Å². The first-order valence-corrected chi connectivity index (χ1v) is 6.67. The van der Waals surface area contributed by atoms with Crippen LogP contribution in [0, 0.1) is 0 Å². The van der Waals surface area contributed by atoms with Crippen molar-refractivity contribution in [3.8, 4) is 0 Å². The summed E-state index contributed by atoms with van der Waals surface area (Å²) in [5, 5.41) is 2.97. The fraction of sp³-hybridized carbons (Fsp3) is 0.923. The lowest BCUT2D eigenvalue weighted by Gasteiger charge is -2.32. The monoisotopic (exact) mass is 240 g/mol. The standard InChI is InChI=1S/C13H24N2O2/c1-13(2,3)17-12(16)14-10-6-8-15(9-7-10)11-4-5-11/h10-11H,4-9H2,1-3H3,(H,14,16). The third-order valence-electron chi connectivity index (χ3n) is 3.31. The van der Waals surface area contributed by atoms with E-state index in [1.165, 1.54) is 12.8 Å². The van der Waals surface area contributed by atoms with Gasteiger partial charge in [0.2, 0.25) is 0 Å². The van der Waals surface area contributed by atoms with E-state index in [2.05, 4.69) is 10.2 Å². The molecule has 2 fully saturated rings. The predicted octanol–water partition coefficient (Wildman–Crippen LogP) is 2.14. The molecule has 17 heavy (non-hydrogen) atoms. The van der Waals surface area contributed by atoms with Crippen LogP contribution >= 0.6 is 0 Å². The van der Waals surface area contributed by atoms with E-state index in [1.54, 1.807) is 0 Å². The summed E-state index contributed by atoms with van der Waals surface area (Å²) in [6.45, 7) is 7.91. The van der Waals surface area contributed by atoms with Crippen molar-refractivity contribution in [1.29, 1.82) is 0 Å². The fourth-order valence-corrected chi connectivity index (χ4v) is 2.32. The molecule has 0 atom stereocenters. The quantitative estimate of drug-likeness (QED) is 0.804. The summed E-state index contributed by atoms with van der Waals surface area (Å²) >= 11 is 0. The zero-order valence-electron chi connectivity index (χ0n) is 11.2. The summed E-state index contributed by atoms with van der Waals surface area (Å²) in [5.41, 5.74) is -0.404. The van der Waals surface area contributed by atoms with Crippen molar-refractivity contribution in [2.24, 2.45) is 0 Å². The summed E-state index contributed by atoms with van der Waals surface area (Å²) in [6, 6.07) is 1.14. The van der Waals surface area contributed by atoms with Gasteiger partial charge in [-0.15, -0.1) is 0 Å². The molecule has 4 nitrogen and oxygen atoms in total. The van der Waals surface area contributed by atoms with Gasteiger partial charge in [0, 0.05) is 25.2 Å². The molecule has 0 aromatic carbocycles. The van der Waals surface area contributed by atoms with Crippen LogP contribution in [-0.4, -0.2) is 41.8 Å². The van der Waals surface area contributed by atoms with Crippen molar-refractivity contribution >= 4 is 6.09 Å². The Morgan fingerprint density at radius 2 is 1.76 bits per heavy atom. The van der Waals surface area contributed by atoms with E-state index >= 15 is 0 Å². The van der Waals surface area contributed by atoms with Crippen LogP contribution < -0.4 is 5.32 Å². The highest BCUT2D eigenvalue weighted by Crippen LogP contribution is 2.29. The highest BCUT2D eigenvalue weighted by molar-refractivity contribution is 5.68. The zero-order chi connectivity index (χ0) is 12.5. The van der Waals surface area contributed by atoms with Gasteiger partial charge in [-0.1, -0.05) is 0 Å². The Morgan fingerprint density at radius 3 is 2.24 bits per heavy atom. The van der Waals surface area contributed by atoms with Crippen molar-refractivity contribution in [2.75, 3.05) is 13.1 Å². The summed E-state index contributed by atoms with van der Waals surface area (Å²) in [6.07, 6.45) is 4.56. The molecule has 2 rings (SSSR count). The number of hydrogen-bond donors (Lipinski definition) is 1. The van der Waals surface area contributed by atoms with Crippen LogP contribution in [0.2, 0.25) is 0 Å². The number of hydrogen-bond acceptors (Lipinski definition) is 3. The molecular weight excluding hydrogens is 216 g/mol. The smallest absolute Gasteiger partial charge is 0.407 e. The Bertz CT molecular complexity index is 274. The maximum absolute atomic E-state index is 11.6. The molecule has 1 saturated heterocycles. The van der Waals surface area contributed by atoms with E-state index < -0.39 is 5.60 Å². The lowest BCUT2D eigenvalue weighted by atomic mass is 10.1. The third-order valence-corrected chi connectivity index (χ3v) is 3.31. The molecule has 0 unspecified atom stereocenters. The maximum atomic E-state index is 11.6. The number of alkyl carbamates (subject to hydrolysis) is 1. The van der Waals surface area contributed by atoms with Crippen molar-refractivity contribution < 1.29 is 9.53 Å². The molecule has 1 aliphatic carbocycles. The number of rotatable bonds is 2. The first-order valence-electron chi connectivity index (χ1n) is 6.67. The normalized spacial score (nSPS) is 23.5. The van der Waals surface area contributed by atoms with Gasteiger partial charge in [-0.05, 0) is 46.5 Å². The molecule has 1 amide bonds. The van der Waals surface area contributed by atoms with Crippen LogP contribution in [0.25, 0.3) is 0 Å². The number of nitrogens with zero attached hydrogens (tertiary/aromatic N) is 1. The molecule has 2 aliphatic rings. The van der Waals surface area contributed by atoms with Crippen molar-refractivity contribution in [1.82, 2.24) is 10.2 Å².